The molecule has 6 rings (SSSR count). The van der Waals surface area contributed by atoms with Crippen LogP contribution in [-0.4, -0.2) is 52.2 Å². The van der Waals surface area contributed by atoms with Crippen LogP contribution in [0.4, 0.5) is 5.82 Å². The van der Waals surface area contributed by atoms with E-state index in [-0.39, 0.29) is 5.82 Å². The van der Waals surface area contributed by atoms with Gasteiger partial charge in [0, 0.05) is 43.0 Å². The molecule has 0 aliphatic carbocycles. The molecule has 0 amide bonds. The highest BCUT2D eigenvalue weighted by Crippen LogP contribution is 2.39. The topological polar surface area (TPSA) is 96.2 Å². The summed E-state index contributed by atoms with van der Waals surface area (Å²) in [5, 5.41) is 12.5. The summed E-state index contributed by atoms with van der Waals surface area (Å²) >= 11 is 0. The fourth-order valence-corrected chi connectivity index (χ4v) is 5.00. The largest absolute Gasteiger partial charge is 0.484 e. The van der Waals surface area contributed by atoms with Gasteiger partial charge in [-0.3, -0.25) is 4.90 Å². The van der Waals surface area contributed by atoms with Gasteiger partial charge in [-0.25, -0.2) is 15.0 Å². The molecule has 38 heavy (non-hydrogen) atoms. The van der Waals surface area contributed by atoms with E-state index in [1.807, 2.05) is 36.4 Å². The minimum Gasteiger partial charge on any atom is -0.484 e. The zero-order valence-corrected chi connectivity index (χ0v) is 21.0. The molecule has 8 heteroatoms. The third-order valence-corrected chi connectivity index (χ3v) is 6.95. The van der Waals surface area contributed by atoms with E-state index in [4.69, 9.17) is 19.7 Å². The predicted molar refractivity (Wildman–Crippen MR) is 145 cm³/mol. The van der Waals surface area contributed by atoms with Crippen LogP contribution in [0.25, 0.3) is 22.4 Å². The molecule has 0 unspecified atom stereocenters. The minimum absolute atomic E-state index is 0.193. The first-order valence-corrected chi connectivity index (χ1v) is 12.9. The Labute approximate surface area is 221 Å². The number of anilines is 1. The Kier molecular flexibility index (Phi) is 6.83. The molecule has 0 saturated carbocycles. The van der Waals surface area contributed by atoms with Crippen molar-refractivity contribution in [3.63, 3.8) is 0 Å². The van der Waals surface area contributed by atoms with Gasteiger partial charge in [0.25, 0.3) is 5.88 Å². The number of benzene rings is 2. The molecule has 0 bridgehead atoms. The standard InChI is InChI=1S/C30H28N6O2/c31-19-28-32-13-10-27(34-28)33-24-11-14-36(15-12-24)20-21-6-8-23(9-7-21)29-25(22-4-2-1-3-5-22)18-26-30(35-29)38-17-16-37-26/h1-10,13,18,24H,11-12,14-17,20H2,(H,32,33,34). The molecule has 0 spiro atoms. The number of likely N-dealkylation sites (tertiary alicyclic amines) is 1. The van der Waals surface area contributed by atoms with Crippen molar-refractivity contribution in [2.75, 3.05) is 31.6 Å². The molecule has 1 fully saturated rings. The first kappa shape index (κ1) is 23.9. The summed E-state index contributed by atoms with van der Waals surface area (Å²) in [5.74, 6) is 2.15. The van der Waals surface area contributed by atoms with Crippen molar-refractivity contribution in [3.8, 4) is 40.1 Å². The number of pyridine rings is 1. The molecule has 2 aliphatic rings. The van der Waals surface area contributed by atoms with Crippen molar-refractivity contribution in [2.45, 2.75) is 25.4 Å². The van der Waals surface area contributed by atoms with Crippen LogP contribution in [-0.2, 0) is 6.54 Å². The molecule has 1 saturated heterocycles. The van der Waals surface area contributed by atoms with E-state index in [1.54, 1.807) is 6.20 Å². The lowest BCUT2D eigenvalue weighted by atomic mass is 9.98. The number of rotatable bonds is 6. The average Bonchev–Trinajstić information content (AvgIpc) is 2.98. The molecule has 2 aromatic carbocycles. The molecule has 4 heterocycles. The van der Waals surface area contributed by atoms with Crippen molar-refractivity contribution in [2.24, 2.45) is 0 Å². The number of ether oxygens (including phenoxy) is 2. The number of nitrogens with zero attached hydrogens (tertiary/aromatic N) is 5. The fraction of sp³-hybridized carbons (Fsp3) is 0.267. The summed E-state index contributed by atoms with van der Waals surface area (Å²) < 4.78 is 11.6. The van der Waals surface area contributed by atoms with Gasteiger partial charge in [-0.05, 0) is 36.1 Å². The molecular formula is C30H28N6O2. The number of hydrogen-bond donors (Lipinski definition) is 1. The molecule has 1 N–H and O–H groups in total. The highest BCUT2D eigenvalue weighted by atomic mass is 16.6. The Morgan fingerprint density at radius 2 is 1.71 bits per heavy atom. The second kappa shape index (κ2) is 10.9. The van der Waals surface area contributed by atoms with E-state index in [2.05, 4.69) is 56.6 Å². The van der Waals surface area contributed by atoms with Crippen LogP contribution < -0.4 is 14.8 Å². The minimum atomic E-state index is 0.193. The van der Waals surface area contributed by atoms with E-state index in [9.17, 15) is 0 Å². The van der Waals surface area contributed by atoms with Crippen molar-refractivity contribution < 1.29 is 9.47 Å². The number of fused-ring (bicyclic) bond motifs is 1. The third-order valence-electron chi connectivity index (χ3n) is 6.95. The van der Waals surface area contributed by atoms with Crippen molar-refractivity contribution in [3.05, 3.63) is 84.3 Å². The lowest BCUT2D eigenvalue weighted by Gasteiger charge is -2.32. The van der Waals surface area contributed by atoms with E-state index >= 15 is 0 Å². The van der Waals surface area contributed by atoms with E-state index in [0.29, 0.717) is 36.7 Å². The lowest BCUT2D eigenvalue weighted by molar-refractivity contribution is 0.165. The molecule has 0 atom stereocenters. The molecule has 0 radical (unpaired) electrons. The Hall–Kier alpha value is -4.48. The summed E-state index contributed by atoms with van der Waals surface area (Å²) in [4.78, 5) is 15.5. The predicted octanol–water partition coefficient (Wildman–Crippen LogP) is 4.92. The fourth-order valence-electron chi connectivity index (χ4n) is 5.00. The molecule has 2 aliphatic heterocycles. The maximum absolute atomic E-state index is 9.01. The van der Waals surface area contributed by atoms with Crippen LogP contribution in [0.5, 0.6) is 11.6 Å². The quantitative estimate of drug-likeness (QED) is 0.395. The van der Waals surface area contributed by atoms with Gasteiger partial charge in [-0.1, -0.05) is 54.6 Å². The Morgan fingerprint density at radius 1 is 0.921 bits per heavy atom. The van der Waals surface area contributed by atoms with Gasteiger partial charge < -0.3 is 14.8 Å². The number of aromatic nitrogens is 3. The molecule has 2 aromatic heterocycles. The number of piperidine rings is 1. The highest BCUT2D eigenvalue weighted by Gasteiger charge is 2.21. The highest BCUT2D eigenvalue weighted by molar-refractivity contribution is 5.82. The first-order valence-electron chi connectivity index (χ1n) is 12.9. The zero-order chi connectivity index (χ0) is 25.7. The van der Waals surface area contributed by atoms with E-state index < -0.39 is 0 Å². The van der Waals surface area contributed by atoms with E-state index in [1.165, 1.54) is 5.56 Å². The van der Waals surface area contributed by atoms with Crippen LogP contribution in [0.15, 0.2) is 72.9 Å². The summed E-state index contributed by atoms with van der Waals surface area (Å²) in [5.41, 5.74) is 5.34. The number of hydrogen-bond acceptors (Lipinski definition) is 8. The van der Waals surface area contributed by atoms with Gasteiger partial charge in [0.15, 0.2) is 5.75 Å². The summed E-state index contributed by atoms with van der Waals surface area (Å²) in [6.45, 7) is 3.94. The summed E-state index contributed by atoms with van der Waals surface area (Å²) in [7, 11) is 0. The van der Waals surface area contributed by atoms with Crippen molar-refractivity contribution in [1.82, 2.24) is 19.9 Å². The van der Waals surface area contributed by atoms with Gasteiger partial charge in [0.05, 0.1) is 5.69 Å². The maximum atomic E-state index is 9.01. The second-order valence-corrected chi connectivity index (χ2v) is 9.52. The number of nitrogens with one attached hydrogen (secondary N) is 1. The van der Waals surface area contributed by atoms with Gasteiger partial charge >= 0.3 is 0 Å². The second-order valence-electron chi connectivity index (χ2n) is 9.52. The summed E-state index contributed by atoms with van der Waals surface area (Å²) in [6, 6.07) is 25.1. The van der Waals surface area contributed by atoms with Gasteiger partial charge in [0.1, 0.15) is 25.1 Å². The van der Waals surface area contributed by atoms with Crippen LogP contribution in [0, 0.1) is 11.3 Å². The normalized spacial score (nSPS) is 15.6. The van der Waals surface area contributed by atoms with Gasteiger partial charge in [-0.15, -0.1) is 0 Å². The van der Waals surface area contributed by atoms with Crippen molar-refractivity contribution >= 4 is 5.82 Å². The van der Waals surface area contributed by atoms with Gasteiger partial charge in [-0.2, -0.15) is 5.26 Å². The molecule has 190 valence electrons. The molecule has 8 nitrogen and oxygen atoms in total. The third kappa shape index (κ3) is 5.29. The van der Waals surface area contributed by atoms with Crippen LogP contribution in [0.2, 0.25) is 0 Å². The molecular weight excluding hydrogens is 476 g/mol. The number of nitriles is 1. The SMILES string of the molecule is N#Cc1nccc(NC2CCN(Cc3ccc(-c4nc5c(cc4-c4ccccc4)OCCO5)cc3)CC2)n1. The first-order chi connectivity index (χ1) is 18.7. The molecule has 4 aromatic rings. The zero-order valence-electron chi connectivity index (χ0n) is 21.0. The Balaban J connectivity index is 1.13. The van der Waals surface area contributed by atoms with E-state index in [0.717, 1.165) is 54.9 Å². The van der Waals surface area contributed by atoms with Crippen molar-refractivity contribution in [1.29, 1.82) is 5.26 Å². The maximum Gasteiger partial charge on any atom is 0.257 e. The van der Waals surface area contributed by atoms with Gasteiger partial charge in [0.2, 0.25) is 5.82 Å². The van der Waals surface area contributed by atoms with Crippen LogP contribution in [0.1, 0.15) is 24.2 Å². The van der Waals surface area contributed by atoms with Crippen LogP contribution >= 0.6 is 0 Å². The average molecular weight is 505 g/mol. The Bertz CT molecular complexity index is 1440. The Morgan fingerprint density at radius 3 is 2.50 bits per heavy atom. The lowest BCUT2D eigenvalue weighted by Crippen LogP contribution is -2.38. The smallest absolute Gasteiger partial charge is 0.257 e. The van der Waals surface area contributed by atoms with Crippen LogP contribution in [0.3, 0.4) is 0 Å². The monoisotopic (exact) mass is 504 g/mol. The summed E-state index contributed by atoms with van der Waals surface area (Å²) in [6.07, 6.45) is 3.66.